The van der Waals surface area contributed by atoms with Crippen LogP contribution in [-0.4, -0.2) is 19.1 Å². The normalized spacial score (nSPS) is 20.2. The first-order valence-electron chi connectivity index (χ1n) is 5.93. The van der Waals surface area contributed by atoms with Gasteiger partial charge in [0.05, 0.1) is 11.1 Å². The minimum absolute atomic E-state index is 0.144. The Hall–Kier alpha value is -1.44. The highest BCUT2D eigenvalue weighted by molar-refractivity contribution is 5.55. The average Bonchev–Trinajstić information content (AvgIpc) is 2.79. The van der Waals surface area contributed by atoms with Crippen LogP contribution in [0.1, 0.15) is 17.5 Å². The molecule has 1 heterocycles. The molecule has 0 amide bonds. The summed E-state index contributed by atoms with van der Waals surface area (Å²) in [6.45, 7) is 1.15. The third-order valence-electron chi connectivity index (χ3n) is 3.07. The maximum Gasteiger partial charge on any atom is 0.418 e. The number of halogens is 6. The van der Waals surface area contributed by atoms with E-state index in [0.29, 0.717) is 25.6 Å². The lowest BCUT2D eigenvalue weighted by molar-refractivity contribution is -0.142. The molecule has 1 aromatic carbocycles. The minimum Gasteiger partial charge on any atom is -0.380 e. The fraction of sp³-hybridized carbons (Fsp3) is 0.500. The zero-order valence-electron chi connectivity index (χ0n) is 10.2. The standard InChI is InChI=1S/C12H12F6N2/c13-11(14,15)7-1-2-10(9(5-7)12(16,17)18)20-8-3-4-19-6-8/h1-2,5,8,19-20H,3-4,6H2. The summed E-state index contributed by atoms with van der Waals surface area (Å²) in [5.74, 6) is 0. The quantitative estimate of drug-likeness (QED) is 0.817. The largest absolute Gasteiger partial charge is 0.418 e. The van der Waals surface area contributed by atoms with E-state index >= 15 is 0 Å². The van der Waals surface area contributed by atoms with Crippen molar-refractivity contribution in [2.45, 2.75) is 24.8 Å². The SMILES string of the molecule is FC(F)(F)c1ccc(NC2CCNC2)c(C(F)(F)F)c1. The molecule has 2 rings (SSSR count). The monoisotopic (exact) mass is 298 g/mol. The average molecular weight is 298 g/mol. The van der Waals surface area contributed by atoms with E-state index in [-0.39, 0.29) is 17.8 Å². The highest BCUT2D eigenvalue weighted by atomic mass is 19.4. The first-order chi connectivity index (χ1) is 9.18. The summed E-state index contributed by atoms with van der Waals surface area (Å²) in [6.07, 6.45) is -9.01. The van der Waals surface area contributed by atoms with E-state index in [4.69, 9.17) is 0 Å². The van der Waals surface area contributed by atoms with Gasteiger partial charge >= 0.3 is 12.4 Å². The van der Waals surface area contributed by atoms with E-state index < -0.39 is 23.5 Å². The number of benzene rings is 1. The fourth-order valence-corrected chi connectivity index (χ4v) is 2.08. The van der Waals surface area contributed by atoms with Gasteiger partial charge in [-0.15, -0.1) is 0 Å². The first-order valence-corrected chi connectivity index (χ1v) is 5.93. The molecule has 0 radical (unpaired) electrons. The molecular weight excluding hydrogens is 286 g/mol. The molecule has 2 nitrogen and oxygen atoms in total. The minimum atomic E-state index is -4.84. The molecule has 8 heteroatoms. The lowest BCUT2D eigenvalue weighted by Crippen LogP contribution is -2.24. The number of alkyl halides is 6. The maximum absolute atomic E-state index is 12.9. The number of hydrogen-bond donors (Lipinski definition) is 2. The predicted molar refractivity (Wildman–Crippen MR) is 61.3 cm³/mol. The van der Waals surface area contributed by atoms with Gasteiger partial charge in [0.25, 0.3) is 0 Å². The number of nitrogens with one attached hydrogen (secondary N) is 2. The summed E-state index contributed by atoms with van der Waals surface area (Å²) >= 11 is 0. The van der Waals surface area contributed by atoms with Crippen molar-refractivity contribution >= 4 is 5.69 Å². The molecular formula is C12H12F6N2. The van der Waals surface area contributed by atoms with Crippen LogP contribution in [0.2, 0.25) is 0 Å². The Morgan fingerprint density at radius 3 is 2.25 bits per heavy atom. The van der Waals surface area contributed by atoms with Crippen LogP contribution >= 0.6 is 0 Å². The smallest absolute Gasteiger partial charge is 0.380 e. The molecule has 112 valence electrons. The van der Waals surface area contributed by atoms with Crippen LogP contribution in [0.3, 0.4) is 0 Å². The van der Waals surface area contributed by atoms with Crippen LogP contribution < -0.4 is 10.6 Å². The fourth-order valence-electron chi connectivity index (χ4n) is 2.08. The van der Waals surface area contributed by atoms with Gasteiger partial charge in [0, 0.05) is 18.3 Å². The summed E-state index contributed by atoms with van der Waals surface area (Å²) in [5.41, 5.74) is -2.92. The molecule has 0 aliphatic carbocycles. The molecule has 1 saturated heterocycles. The summed E-state index contributed by atoms with van der Waals surface area (Å²) < 4.78 is 76.1. The van der Waals surface area contributed by atoms with Gasteiger partial charge in [-0.1, -0.05) is 0 Å². The second kappa shape index (κ2) is 5.16. The second-order valence-electron chi connectivity index (χ2n) is 4.59. The number of anilines is 1. The van der Waals surface area contributed by atoms with Gasteiger partial charge in [0.1, 0.15) is 0 Å². The molecule has 1 unspecified atom stereocenters. The Labute approximate surface area is 111 Å². The predicted octanol–water partition coefficient (Wildman–Crippen LogP) is 3.50. The van der Waals surface area contributed by atoms with Crippen LogP contribution in [0.5, 0.6) is 0 Å². The Kier molecular flexibility index (Phi) is 3.86. The van der Waals surface area contributed by atoms with Crippen LogP contribution in [0.25, 0.3) is 0 Å². The topological polar surface area (TPSA) is 24.1 Å². The Morgan fingerprint density at radius 1 is 1.05 bits per heavy atom. The van der Waals surface area contributed by atoms with Crippen molar-refractivity contribution < 1.29 is 26.3 Å². The van der Waals surface area contributed by atoms with Gasteiger partial charge in [-0.3, -0.25) is 0 Å². The van der Waals surface area contributed by atoms with Crippen molar-refractivity contribution in [3.63, 3.8) is 0 Å². The van der Waals surface area contributed by atoms with Crippen molar-refractivity contribution in [2.75, 3.05) is 18.4 Å². The van der Waals surface area contributed by atoms with Gasteiger partial charge in [0.2, 0.25) is 0 Å². The van der Waals surface area contributed by atoms with E-state index in [2.05, 4.69) is 10.6 Å². The molecule has 0 aromatic heterocycles. The van der Waals surface area contributed by atoms with E-state index in [0.717, 1.165) is 6.07 Å². The number of hydrogen-bond acceptors (Lipinski definition) is 2. The van der Waals surface area contributed by atoms with E-state index in [1.807, 2.05) is 0 Å². The van der Waals surface area contributed by atoms with Gasteiger partial charge in [-0.25, -0.2) is 0 Å². The Morgan fingerprint density at radius 2 is 1.75 bits per heavy atom. The van der Waals surface area contributed by atoms with Crippen molar-refractivity contribution in [3.05, 3.63) is 29.3 Å². The molecule has 2 N–H and O–H groups in total. The van der Waals surface area contributed by atoms with E-state index in [1.165, 1.54) is 0 Å². The summed E-state index contributed by atoms with van der Waals surface area (Å²) in [4.78, 5) is 0. The van der Waals surface area contributed by atoms with Crippen molar-refractivity contribution in [3.8, 4) is 0 Å². The van der Waals surface area contributed by atoms with Gasteiger partial charge in [0.15, 0.2) is 0 Å². The molecule has 0 saturated carbocycles. The van der Waals surface area contributed by atoms with Crippen LogP contribution in [-0.2, 0) is 12.4 Å². The lowest BCUT2D eigenvalue weighted by Gasteiger charge is -2.19. The third-order valence-corrected chi connectivity index (χ3v) is 3.07. The van der Waals surface area contributed by atoms with Gasteiger partial charge < -0.3 is 10.6 Å². The maximum atomic E-state index is 12.9. The molecule has 1 aliphatic rings. The van der Waals surface area contributed by atoms with Crippen LogP contribution in [0, 0.1) is 0 Å². The van der Waals surface area contributed by atoms with Gasteiger partial charge in [-0.05, 0) is 31.2 Å². The zero-order chi connectivity index (χ0) is 15.0. The second-order valence-corrected chi connectivity index (χ2v) is 4.59. The molecule has 1 fully saturated rings. The molecule has 1 aromatic rings. The zero-order valence-corrected chi connectivity index (χ0v) is 10.2. The van der Waals surface area contributed by atoms with Crippen molar-refractivity contribution in [1.82, 2.24) is 5.32 Å². The molecule has 1 aliphatic heterocycles. The lowest BCUT2D eigenvalue weighted by atomic mass is 10.1. The van der Waals surface area contributed by atoms with Crippen molar-refractivity contribution in [1.29, 1.82) is 0 Å². The van der Waals surface area contributed by atoms with Gasteiger partial charge in [-0.2, -0.15) is 26.3 Å². The first kappa shape index (κ1) is 15.0. The van der Waals surface area contributed by atoms with E-state index in [1.54, 1.807) is 0 Å². The third kappa shape index (κ3) is 3.36. The summed E-state index contributed by atoms with van der Waals surface area (Å²) in [5, 5.41) is 5.61. The number of rotatable bonds is 2. The summed E-state index contributed by atoms with van der Waals surface area (Å²) in [7, 11) is 0. The van der Waals surface area contributed by atoms with E-state index in [9.17, 15) is 26.3 Å². The van der Waals surface area contributed by atoms with Crippen molar-refractivity contribution in [2.24, 2.45) is 0 Å². The van der Waals surface area contributed by atoms with Crippen LogP contribution in [0.15, 0.2) is 18.2 Å². The Bertz CT molecular complexity index is 474. The molecule has 1 atom stereocenters. The van der Waals surface area contributed by atoms with Crippen LogP contribution in [0.4, 0.5) is 32.0 Å². The molecule has 0 spiro atoms. The molecule has 0 bridgehead atoms. The molecule has 20 heavy (non-hydrogen) atoms. The highest BCUT2D eigenvalue weighted by Crippen LogP contribution is 2.39. The Balaban J connectivity index is 2.35. The summed E-state index contributed by atoms with van der Waals surface area (Å²) in [6, 6.07) is 1.42. The highest BCUT2D eigenvalue weighted by Gasteiger charge is 2.38.